The molecule has 0 fully saturated rings. The molecule has 25 heavy (non-hydrogen) atoms. The lowest BCUT2D eigenvalue weighted by molar-refractivity contribution is -0.387. The molecule has 132 valence electrons. The number of rotatable bonds is 4. The molecule has 0 saturated carbocycles. The zero-order chi connectivity index (χ0) is 18.0. The van der Waals surface area contributed by atoms with E-state index in [0.717, 1.165) is 4.31 Å². The Hall–Kier alpha value is -2.49. The summed E-state index contributed by atoms with van der Waals surface area (Å²) in [5.41, 5.74) is 0.600. The highest BCUT2D eigenvalue weighted by molar-refractivity contribution is 7.93. The third-order valence-electron chi connectivity index (χ3n) is 3.89. The first-order valence-corrected chi connectivity index (χ1v) is 8.87. The minimum atomic E-state index is -4.19. The second-order valence-corrected chi connectivity index (χ2v) is 7.20. The molecular formula is C16H16N2O6S. The zero-order valence-electron chi connectivity index (χ0n) is 13.4. The molecule has 0 bridgehead atoms. The predicted molar refractivity (Wildman–Crippen MR) is 89.7 cm³/mol. The molecule has 1 atom stereocenters. The highest BCUT2D eigenvalue weighted by atomic mass is 32.2. The van der Waals surface area contributed by atoms with E-state index in [0.29, 0.717) is 11.3 Å². The minimum Gasteiger partial charge on any atom is -0.354 e. The number of benzene rings is 2. The summed E-state index contributed by atoms with van der Waals surface area (Å²) in [7, 11) is -2.77. The third-order valence-corrected chi connectivity index (χ3v) is 5.72. The number of anilines is 1. The van der Waals surface area contributed by atoms with E-state index in [2.05, 4.69) is 0 Å². The van der Waals surface area contributed by atoms with Crippen LogP contribution in [0.4, 0.5) is 11.4 Å². The van der Waals surface area contributed by atoms with Crippen molar-refractivity contribution < 1.29 is 22.8 Å². The molecule has 0 aromatic heterocycles. The third kappa shape index (κ3) is 3.21. The van der Waals surface area contributed by atoms with Crippen molar-refractivity contribution in [1.29, 1.82) is 0 Å². The minimum absolute atomic E-state index is 0.109. The van der Waals surface area contributed by atoms with Gasteiger partial charge in [-0.1, -0.05) is 30.3 Å². The van der Waals surface area contributed by atoms with Gasteiger partial charge in [0.15, 0.2) is 11.2 Å². The van der Waals surface area contributed by atoms with Crippen molar-refractivity contribution in [2.45, 2.75) is 17.8 Å². The summed E-state index contributed by atoms with van der Waals surface area (Å²) in [4.78, 5) is 10.2. The average Bonchev–Trinajstić information content (AvgIpc) is 2.81. The molecular weight excluding hydrogens is 348 g/mol. The van der Waals surface area contributed by atoms with E-state index in [1.165, 1.54) is 31.4 Å². The van der Waals surface area contributed by atoms with Crippen molar-refractivity contribution in [1.82, 2.24) is 0 Å². The second kappa shape index (κ2) is 6.79. The maximum Gasteiger partial charge on any atom is 0.289 e. The van der Waals surface area contributed by atoms with Crippen LogP contribution in [-0.4, -0.2) is 33.3 Å². The fourth-order valence-corrected chi connectivity index (χ4v) is 4.31. The number of nitrogens with zero attached hydrogens (tertiary/aromatic N) is 2. The van der Waals surface area contributed by atoms with Crippen LogP contribution in [0.3, 0.4) is 0 Å². The molecule has 2 aromatic carbocycles. The van der Waals surface area contributed by atoms with Gasteiger partial charge in [0.2, 0.25) is 0 Å². The number of nitro groups is 1. The fraction of sp³-hybridized carbons (Fsp3) is 0.250. The molecule has 0 saturated heterocycles. The van der Waals surface area contributed by atoms with Gasteiger partial charge in [0.1, 0.15) is 0 Å². The zero-order valence-corrected chi connectivity index (χ0v) is 14.2. The summed E-state index contributed by atoms with van der Waals surface area (Å²) in [5, 5.41) is 11.3. The molecule has 8 nitrogen and oxygen atoms in total. The Morgan fingerprint density at radius 1 is 1.20 bits per heavy atom. The molecule has 0 unspecified atom stereocenters. The Kier molecular flexibility index (Phi) is 4.71. The standard InChI is InChI=1S/C16H16N2O6S/c1-23-16-10-17(13-7-3-2-6-12(13)11-24-16)25(21,22)15-9-5-4-8-14(15)18(19)20/h2-9,16H,10-11H2,1H3/t16-/m0/s1. The van der Waals surface area contributed by atoms with E-state index in [1.807, 2.05) is 0 Å². The quantitative estimate of drug-likeness (QED) is 0.610. The van der Waals surface area contributed by atoms with Gasteiger partial charge in [0, 0.05) is 18.7 Å². The summed E-state index contributed by atoms with van der Waals surface area (Å²) in [6.07, 6.45) is -0.787. The number of methoxy groups -OCH3 is 1. The van der Waals surface area contributed by atoms with Gasteiger partial charge in [0.05, 0.1) is 23.8 Å². The monoisotopic (exact) mass is 364 g/mol. The van der Waals surface area contributed by atoms with E-state index in [-0.39, 0.29) is 18.0 Å². The van der Waals surface area contributed by atoms with E-state index < -0.39 is 26.9 Å². The van der Waals surface area contributed by atoms with Gasteiger partial charge in [-0.2, -0.15) is 0 Å². The van der Waals surface area contributed by atoms with Gasteiger partial charge < -0.3 is 9.47 Å². The van der Waals surface area contributed by atoms with Crippen LogP contribution in [0, 0.1) is 10.1 Å². The first-order chi connectivity index (χ1) is 11.9. The van der Waals surface area contributed by atoms with E-state index in [9.17, 15) is 18.5 Å². The van der Waals surface area contributed by atoms with Crippen LogP contribution < -0.4 is 4.31 Å². The summed E-state index contributed by atoms with van der Waals surface area (Å²) >= 11 is 0. The van der Waals surface area contributed by atoms with Crippen LogP contribution in [0.1, 0.15) is 5.56 Å². The largest absolute Gasteiger partial charge is 0.354 e. The van der Waals surface area contributed by atoms with E-state index in [1.54, 1.807) is 24.3 Å². The number of para-hydroxylation sites is 2. The first kappa shape index (κ1) is 17.3. The van der Waals surface area contributed by atoms with Crippen molar-refractivity contribution in [2.24, 2.45) is 0 Å². The van der Waals surface area contributed by atoms with Gasteiger partial charge in [0.25, 0.3) is 15.7 Å². The number of ether oxygens (including phenoxy) is 2. The molecule has 0 N–H and O–H groups in total. The van der Waals surface area contributed by atoms with Crippen molar-refractivity contribution in [2.75, 3.05) is 18.0 Å². The smallest absolute Gasteiger partial charge is 0.289 e. The van der Waals surface area contributed by atoms with Gasteiger partial charge in [-0.05, 0) is 12.1 Å². The average molecular weight is 364 g/mol. The normalized spacial score (nSPS) is 17.6. The Balaban J connectivity index is 2.17. The number of hydrogen-bond acceptors (Lipinski definition) is 6. The molecule has 1 aliphatic heterocycles. The summed E-state index contributed by atoms with van der Waals surface area (Å²) in [6.45, 7) is 0.0689. The van der Waals surface area contributed by atoms with Gasteiger partial charge in [-0.25, -0.2) is 8.42 Å². The Bertz CT molecular complexity index is 899. The van der Waals surface area contributed by atoms with Gasteiger partial charge in [-0.3, -0.25) is 14.4 Å². The maximum absolute atomic E-state index is 13.2. The summed E-state index contributed by atoms with van der Waals surface area (Å²) < 4.78 is 38.2. The highest BCUT2D eigenvalue weighted by Crippen LogP contribution is 2.33. The molecule has 9 heteroatoms. The molecule has 0 spiro atoms. The Labute approximate surface area is 144 Å². The first-order valence-electron chi connectivity index (χ1n) is 7.43. The Morgan fingerprint density at radius 2 is 1.88 bits per heavy atom. The van der Waals surface area contributed by atoms with Crippen molar-refractivity contribution in [3.63, 3.8) is 0 Å². The number of nitro benzene ring substituents is 1. The molecule has 0 amide bonds. The van der Waals surface area contributed by atoms with Crippen molar-refractivity contribution in [3.8, 4) is 0 Å². The summed E-state index contributed by atoms with van der Waals surface area (Å²) in [6, 6.07) is 12.1. The number of hydrogen-bond donors (Lipinski definition) is 0. The van der Waals surface area contributed by atoms with Crippen LogP contribution in [0.15, 0.2) is 53.4 Å². The van der Waals surface area contributed by atoms with Crippen LogP contribution in [0.5, 0.6) is 0 Å². The SMILES string of the molecule is CO[C@@H]1CN(S(=O)(=O)c2ccccc2[N+](=O)[O-])c2ccccc2CO1. The number of sulfonamides is 1. The van der Waals surface area contributed by atoms with Gasteiger partial charge in [-0.15, -0.1) is 0 Å². The molecule has 0 aliphatic carbocycles. The molecule has 0 radical (unpaired) electrons. The van der Waals surface area contributed by atoms with Crippen LogP contribution in [-0.2, 0) is 26.1 Å². The highest BCUT2D eigenvalue weighted by Gasteiger charge is 2.35. The van der Waals surface area contributed by atoms with Crippen molar-refractivity contribution in [3.05, 3.63) is 64.2 Å². The lowest BCUT2D eigenvalue weighted by Gasteiger charge is -2.25. The van der Waals surface area contributed by atoms with Crippen LogP contribution in [0.2, 0.25) is 0 Å². The number of fused-ring (bicyclic) bond motifs is 1. The van der Waals surface area contributed by atoms with Crippen LogP contribution >= 0.6 is 0 Å². The van der Waals surface area contributed by atoms with Gasteiger partial charge >= 0.3 is 0 Å². The lowest BCUT2D eigenvalue weighted by Crippen LogP contribution is -2.38. The second-order valence-electron chi connectivity index (χ2n) is 5.37. The van der Waals surface area contributed by atoms with Crippen molar-refractivity contribution >= 4 is 21.4 Å². The molecule has 3 rings (SSSR count). The molecule has 1 heterocycles. The van der Waals surface area contributed by atoms with Crippen LogP contribution in [0.25, 0.3) is 0 Å². The topological polar surface area (TPSA) is 99.0 Å². The molecule has 2 aromatic rings. The van der Waals surface area contributed by atoms with E-state index >= 15 is 0 Å². The van der Waals surface area contributed by atoms with E-state index in [4.69, 9.17) is 9.47 Å². The Morgan fingerprint density at radius 3 is 2.60 bits per heavy atom. The fourth-order valence-electron chi connectivity index (χ4n) is 2.66. The summed E-state index contributed by atoms with van der Waals surface area (Å²) in [5.74, 6) is 0. The molecule has 1 aliphatic rings. The lowest BCUT2D eigenvalue weighted by atomic mass is 10.2. The predicted octanol–water partition coefficient (Wildman–Crippen LogP) is 2.29. The maximum atomic E-state index is 13.2.